The van der Waals surface area contributed by atoms with Crippen LogP contribution >= 0.6 is 23.2 Å². The van der Waals surface area contributed by atoms with Crippen molar-refractivity contribution >= 4 is 45.8 Å². The fraction of sp³-hybridized carbons (Fsp3) is 0.250. The summed E-state index contributed by atoms with van der Waals surface area (Å²) in [6.07, 6.45) is 0.520. The first-order valence-electron chi connectivity index (χ1n) is 12.2. The third kappa shape index (κ3) is 5.43. The molecular weight excluding hydrogens is 511 g/mol. The van der Waals surface area contributed by atoms with Gasteiger partial charge in [-0.25, -0.2) is 9.78 Å². The van der Waals surface area contributed by atoms with Gasteiger partial charge in [-0.15, -0.1) is 0 Å². The molecule has 0 aliphatic carbocycles. The number of rotatable bonds is 8. The summed E-state index contributed by atoms with van der Waals surface area (Å²) in [7, 11) is 0. The summed E-state index contributed by atoms with van der Waals surface area (Å²) in [6, 6.07) is 18.7. The molecule has 7 nitrogen and oxygen atoms in total. The molecule has 1 N–H and O–H groups in total. The van der Waals surface area contributed by atoms with Crippen molar-refractivity contribution in [2.45, 2.75) is 33.2 Å². The molecule has 0 fully saturated rings. The highest BCUT2D eigenvalue weighted by atomic mass is 35.5. The van der Waals surface area contributed by atoms with Crippen LogP contribution in [0.1, 0.15) is 39.1 Å². The average Bonchev–Trinajstić information content (AvgIpc) is 2.90. The summed E-state index contributed by atoms with van der Waals surface area (Å²) in [5.41, 5.74) is 1.40. The quantitative estimate of drug-likeness (QED) is 0.259. The van der Waals surface area contributed by atoms with E-state index >= 15 is 0 Å². The van der Waals surface area contributed by atoms with E-state index in [4.69, 9.17) is 32.9 Å². The van der Waals surface area contributed by atoms with Crippen molar-refractivity contribution in [2.75, 3.05) is 18.5 Å². The van der Waals surface area contributed by atoms with Gasteiger partial charge >= 0.3 is 6.03 Å². The number of nitrogens with zero attached hydrogens (tertiary/aromatic N) is 3. The highest BCUT2D eigenvalue weighted by Crippen LogP contribution is 2.31. The second-order valence-corrected chi connectivity index (χ2v) is 9.08. The van der Waals surface area contributed by atoms with Crippen LogP contribution in [-0.2, 0) is 0 Å². The van der Waals surface area contributed by atoms with E-state index in [1.165, 1.54) is 0 Å². The van der Waals surface area contributed by atoms with Crippen LogP contribution in [-0.4, -0.2) is 33.6 Å². The number of ether oxygens (including phenoxy) is 1. The van der Waals surface area contributed by atoms with Gasteiger partial charge in [-0.3, -0.25) is 9.36 Å². The molecule has 2 amide bonds. The Balaban J connectivity index is 1.83. The predicted octanol–water partition coefficient (Wildman–Crippen LogP) is 7.10. The van der Waals surface area contributed by atoms with Crippen LogP contribution in [0.2, 0.25) is 10.0 Å². The molecule has 4 rings (SSSR count). The Morgan fingerprint density at radius 2 is 1.76 bits per heavy atom. The van der Waals surface area contributed by atoms with E-state index in [-0.39, 0.29) is 16.6 Å². The number of para-hydroxylation sites is 1. The third-order valence-corrected chi connectivity index (χ3v) is 6.88. The summed E-state index contributed by atoms with van der Waals surface area (Å²) in [5, 5.41) is 3.96. The maximum Gasteiger partial charge on any atom is 0.322 e. The van der Waals surface area contributed by atoms with Crippen LogP contribution in [0.25, 0.3) is 16.6 Å². The largest absolute Gasteiger partial charge is 0.494 e. The van der Waals surface area contributed by atoms with Gasteiger partial charge in [0, 0.05) is 6.54 Å². The molecule has 3 aromatic carbocycles. The Morgan fingerprint density at radius 1 is 1.03 bits per heavy atom. The van der Waals surface area contributed by atoms with Crippen molar-refractivity contribution in [3.8, 4) is 11.4 Å². The number of halogens is 2. The zero-order valence-corrected chi connectivity index (χ0v) is 22.4. The molecular formula is C28H28Cl2N4O3. The lowest BCUT2D eigenvalue weighted by molar-refractivity contribution is 0.185. The van der Waals surface area contributed by atoms with Crippen molar-refractivity contribution < 1.29 is 9.53 Å². The summed E-state index contributed by atoms with van der Waals surface area (Å²) in [6.45, 7) is 6.65. The van der Waals surface area contributed by atoms with Gasteiger partial charge in [-0.1, -0.05) is 48.3 Å². The van der Waals surface area contributed by atoms with Gasteiger partial charge in [-0.2, -0.15) is 0 Å². The van der Waals surface area contributed by atoms with Crippen LogP contribution < -0.4 is 15.6 Å². The van der Waals surface area contributed by atoms with Crippen molar-refractivity contribution in [1.29, 1.82) is 0 Å². The zero-order chi connectivity index (χ0) is 26.5. The minimum Gasteiger partial charge on any atom is -0.494 e. The minimum atomic E-state index is -0.508. The first-order chi connectivity index (χ1) is 17.9. The number of benzene rings is 3. The van der Waals surface area contributed by atoms with Gasteiger partial charge in [0.05, 0.1) is 45.0 Å². The lowest BCUT2D eigenvalue weighted by Gasteiger charge is -2.31. The van der Waals surface area contributed by atoms with Crippen LogP contribution in [0, 0.1) is 0 Å². The van der Waals surface area contributed by atoms with E-state index in [1.54, 1.807) is 39.8 Å². The average molecular weight is 539 g/mol. The molecule has 0 saturated carbocycles. The molecule has 0 saturated heterocycles. The Hall–Kier alpha value is -3.55. The van der Waals surface area contributed by atoms with E-state index in [0.717, 1.165) is 0 Å². The molecule has 1 heterocycles. The summed E-state index contributed by atoms with van der Waals surface area (Å²) >= 11 is 12.4. The highest BCUT2D eigenvalue weighted by molar-refractivity contribution is 6.43. The van der Waals surface area contributed by atoms with Crippen LogP contribution in [0.5, 0.6) is 5.75 Å². The molecule has 1 aromatic heterocycles. The van der Waals surface area contributed by atoms with E-state index in [9.17, 15) is 9.59 Å². The van der Waals surface area contributed by atoms with Gasteiger partial charge in [0.25, 0.3) is 5.56 Å². The van der Waals surface area contributed by atoms with E-state index < -0.39 is 6.04 Å². The predicted molar refractivity (Wildman–Crippen MR) is 149 cm³/mol. The number of aromatic nitrogens is 2. The summed E-state index contributed by atoms with van der Waals surface area (Å²) in [5.74, 6) is 1.17. The molecule has 0 spiro atoms. The Labute approximate surface area is 225 Å². The highest BCUT2D eigenvalue weighted by Gasteiger charge is 2.28. The van der Waals surface area contributed by atoms with Crippen LogP contribution in [0.15, 0.2) is 71.5 Å². The second-order valence-electron chi connectivity index (χ2n) is 8.30. The smallest absolute Gasteiger partial charge is 0.322 e. The topological polar surface area (TPSA) is 76.5 Å². The van der Waals surface area contributed by atoms with Gasteiger partial charge < -0.3 is 15.0 Å². The molecule has 0 aliphatic heterocycles. The molecule has 9 heteroatoms. The van der Waals surface area contributed by atoms with Crippen LogP contribution in [0.4, 0.5) is 10.5 Å². The van der Waals surface area contributed by atoms with Crippen molar-refractivity contribution in [3.63, 3.8) is 0 Å². The second kappa shape index (κ2) is 11.7. The number of fused-ring (bicyclic) bond motifs is 1. The summed E-state index contributed by atoms with van der Waals surface area (Å²) in [4.78, 5) is 33.8. The van der Waals surface area contributed by atoms with Crippen molar-refractivity contribution in [1.82, 2.24) is 14.5 Å². The van der Waals surface area contributed by atoms with Gasteiger partial charge in [0.2, 0.25) is 0 Å². The minimum absolute atomic E-state index is 0.211. The van der Waals surface area contributed by atoms with Crippen molar-refractivity contribution in [3.05, 3.63) is 93.0 Å². The zero-order valence-electron chi connectivity index (χ0n) is 20.9. The molecule has 0 radical (unpaired) electrons. The lowest BCUT2D eigenvalue weighted by atomic mass is 10.1. The monoisotopic (exact) mass is 538 g/mol. The normalized spacial score (nSPS) is 11.8. The maximum absolute atomic E-state index is 13.8. The first kappa shape index (κ1) is 26.5. The number of carbonyl (C=O) groups excluding carboxylic acids is 1. The Morgan fingerprint density at radius 3 is 2.43 bits per heavy atom. The maximum atomic E-state index is 13.8. The molecule has 0 aliphatic rings. The SMILES string of the molecule is CCOc1ccc(-n2c(C(CC)N(CC)C(=O)Nc3cccc(Cl)c3Cl)nc3ccccc3c2=O)cc1. The van der Waals surface area contributed by atoms with Crippen LogP contribution in [0.3, 0.4) is 0 Å². The first-order valence-corrected chi connectivity index (χ1v) is 12.9. The molecule has 1 unspecified atom stereocenters. The standard InChI is InChI=1S/C28H28Cl2N4O3/c1-4-24(33(5-2)28(36)32-23-13-9-11-21(29)25(23)30)26-31-22-12-8-7-10-20(22)27(35)34(26)18-14-16-19(17-15-18)37-6-3/h7-17,24H,4-6H2,1-3H3,(H,32,36). The number of anilines is 1. The van der Waals surface area contributed by atoms with Crippen molar-refractivity contribution in [2.24, 2.45) is 0 Å². The number of hydrogen-bond acceptors (Lipinski definition) is 4. The Bertz CT molecular complexity index is 1470. The van der Waals surface area contributed by atoms with Gasteiger partial charge in [-0.05, 0) is 68.8 Å². The van der Waals surface area contributed by atoms with E-state index in [1.807, 2.05) is 57.2 Å². The molecule has 192 valence electrons. The van der Waals surface area contributed by atoms with E-state index in [2.05, 4.69) is 5.32 Å². The molecule has 37 heavy (non-hydrogen) atoms. The third-order valence-electron chi connectivity index (χ3n) is 6.06. The molecule has 0 bridgehead atoms. The number of hydrogen-bond donors (Lipinski definition) is 1. The fourth-order valence-electron chi connectivity index (χ4n) is 4.32. The van der Waals surface area contributed by atoms with Gasteiger partial charge in [0.15, 0.2) is 0 Å². The number of nitrogens with one attached hydrogen (secondary N) is 1. The Kier molecular flexibility index (Phi) is 8.36. The van der Waals surface area contributed by atoms with Gasteiger partial charge in [0.1, 0.15) is 11.6 Å². The number of carbonyl (C=O) groups is 1. The number of amides is 2. The number of urea groups is 1. The molecule has 4 aromatic rings. The summed E-state index contributed by atoms with van der Waals surface area (Å²) < 4.78 is 7.15. The molecule has 1 atom stereocenters. The fourth-order valence-corrected chi connectivity index (χ4v) is 4.66. The lowest BCUT2D eigenvalue weighted by Crippen LogP contribution is -2.40. The van der Waals surface area contributed by atoms with E-state index in [0.29, 0.717) is 58.4 Å².